The van der Waals surface area contributed by atoms with Gasteiger partial charge in [-0.1, -0.05) is 30.1 Å². The Morgan fingerprint density at radius 1 is 1.33 bits per heavy atom. The molecule has 1 N–H and O–H groups in total. The Labute approximate surface area is 159 Å². The molecule has 144 valence electrons. The molecule has 2 aliphatic rings. The van der Waals surface area contributed by atoms with Crippen molar-refractivity contribution in [2.45, 2.75) is 44.1 Å². The van der Waals surface area contributed by atoms with Crippen LogP contribution < -0.4 is 10.1 Å². The highest BCUT2D eigenvalue weighted by Gasteiger charge is 2.30. The Hall–Kier alpha value is -2.41. The van der Waals surface area contributed by atoms with Crippen molar-refractivity contribution < 1.29 is 14.1 Å². The summed E-state index contributed by atoms with van der Waals surface area (Å²) in [5.41, 5.74) is 0.871. The van der Waals surface area contributed by atoms with Crippen molar-refractivity contribution >= 4 is 5.91 Å². The molecule has 0 radical (unpaired) electrons. The molecular formula is C20H26N4O3. The topological polar surface area (TPSA) is 80.5 Å². The summed E-state index contributed by atoms with van der Waals surface area (Å²) in [6.07, 6.45) is 5.61. The van der Waals surface area contributed by atoms with Gasteiger partial charge in [-0.15, -0.1) is 0 Å². The first kappa shape index (κ1) is 18.0. The lowest BCUT2D eigenvalue weighted by atomic mass is 10.1. The van der Waals surface area contributed by atoms with Gasteiger partial charge in [-0.3, -0.25) is 9.69 Å². The van der Waals surface area contributed by atoms with Crippen LogP contribution >= 0.6 is 0 Å². The average Bonchev–Trinajstić information content (AvgIpc) is 3.43. The molecule has 7 heteroatoms. The Bertz CT molecular complexity index is 785. The van der Waals surface area contributed by atoms with Gasteiger partial charge in [0.25, 0.3) is 0 Å². The smallest absolute Gasteiger partial charge is 0.234 e. The Morgan fingerprint density at radius 3 is 3.00 bits per heavy atom. The third kappa shape index (κ3) is 4.30. The fourth-order valence-electron chi connectivity index (χ4n) is 4.00. The van der Waals surface area contributed by atoms with E-state index in [1.54, 1.807) is 7.11 Å². The molecule has 1 aliphatic carbocycles. The van der Waals surface area contributed by atoms with Crippen molar-refractivity contribution in [3.63, 3.8) is 0 Å². The van der Waals surface area contributed by atoms with E-state index in [1.807, 2.05) is 24.3 Å². The van der Waals surface area contributed by atoms with Crippen LogP contribution in [0.4, 0.5) is 0 Å². The van der Waals surface area contributed by atoms with E-state index >= 15 is 0 Å². The second kappa shape index (κ2) is 8.08. The van der Waals surface area contributed by atoms with Crippen molar-refractivity contribution in [2.24, 2.45) is 0 Å². The molecule has 4 rings (SSSR count). The molecule has 1 aromatic carbocycles. The maximum atomic E-state index is 12.2. The minimum atomic E-state index is 0.130. The normalized spacial score (nSPS) is 20.9. The van der Waals surface area contributed by atoms with Crippen molar-refractivity contribution in [3.05, 3.63) is 30.2 Å². The number of aromatic nitrogens is 2. The van der Waals surface area contributed by atoms with Crippen LogP contribution in [0.25, 0.3) is 11.4 Å². The summed E-state index contributed by atoms with van der Waals surface area (Å²) < 4.78 is 10.8. The van der Waals surface area contributed by atoms with Crippen LogP contribution in [0.15, 0.2) is 28.8 Å². The second-order valence-electron chi connectivity index (χ2n) is 7.46. The number of amides is 1. The van der Waals surface area contributed by atoms with Gasteiger partial charge < -0.3 is 14.6 Å². The maximum absolute atomic E-state index is 12.2. The number of methoxy groups -OCH3 is 1. The zero-order valence-electron chi connectivity index (χ0n) is 15.7. The van der Waals surface area contributed by atoms with Gasteiger partial charge in [0.2, 0.25) is 17.6 Å². The second-order valence-corrected chi connectivity index (χ2v) is 7.46. The van der Waals surface area contributed by atoms with Crippen LogP contribution in [-0.2, 0) is 4.79 Å². The maximum Gasteiger partial charge on any atom is 0.234 e. The number of nitrogens with zero attached hydrogens (tertiary/aromatic N) is 3. The zero-order chi connectivity index (χ0) is 18.6. The molecule has 1 atom stereocenters. The molecule has 2 aromatic rings. The van der Waals surface area contributed by atoms with Crippen LogP contribution in [0.1, 0.15) is 43.9 Å². The number of rotatable bonds is 6. The summed E-state index contributed by atoms with van der Waals surface area (Å²) >= 11 is 0. The lowest BCUT2D eigenvalue weighted by Gasteiger charge is -2.17. The highest BCUT2D eigenvalue weighted by Crippen LogP contribution is 2.28. The molecule has 0 bridgehead atoms. The number of carbonyl (C=O) groups excluding carboxylic acids is 1. The monoisotopic (exact) mass is 370 g/mol. The lowest BCUT2D eigenvalue weighted by Crippen LogP contribution is -2.40. The first-order chi connectivity index (χ1) is 13.2. The number of hydrogen-bond donors (Lipinski definition) is 1. The van der Waals surface area contributed by atoms with E-state index in [0.29, 0.717) is 24.3 Å². The van der Waals surface area contributed by atoms with Gasteiger partial charge in [0.15, 0.2) is 0 Å². The molecule has 2 heterocycles. The molecule has 1 amide bonds. The van der Waals surface area contributed by atoms with Gasteiger partial charge in [0, 0.05) is 18.2 Å². The van der Waals surface area contributed by atoms with E-state index in [9.17, 15) is 4.79 Å². The summed E-state index contributed by atoms with van der Waals surface area (Å²) in [5.74, 6) is 2.29. The molecule has 7 nitrogen and oxygen atoms in total. The molecular weight excluding hydrogens is 344 g/mol. The molecule has 1 saturated carbocycles. The molecule has 27 heavy (non-hydrogen) atoms. The minimum Gasteiger partial charge on any atom is -0.497 e. The standard InChI is InChI=1S/C20H26N4O3/c1-26-17-8-4-5-14(11-17)19-22-20(27-23-19)15-9-10-24(12-15)13-18(25)21-16-6-2-3-7-16/h4-5,8,11,15-16H,2-3,6-7,9-10,12-13H2,1H3,(H,21,25). The first-order valence-electron chi connectivity index (χ1n) is 9.71. The van der Waals surface area contributed by atoms with Crippen LogP contribution in [0.3, 0.4) is 0 Å². The Morgan fingerprint density at radius 2 is 2.19 bits per heavy atom. The van der Waals surface area contributed by atoms with Crippen LogP contribution in [-0.4, -0.2) is 53.7 Å². The Kier molecular flexibility index (Phi) is 5.38. The third-order valence-electron chi connectivity index (χ3n) is 5.48. The van der Waals surface area contributed by atoms with Crippen molar-refractivity contribution in [3.8, 4) is 17.1 Å². The fourth-order valence-corrected chi connectivity index (χ4v) is 4.00. The van der Waals surface area contributed by atoms with Gasteiger partial charge >= 0.3 is 0 Å². The third-order valence-corrected chi connectivity index (χ3v) is 5.48. The fraction of sp³-hybridized carbons (Fsp3) is 0.550. The summed E-state index contributed by atoms with van der Waals surface area (Å²) in [7, 11) is 1.64. The molecule has 1 aromatic heterocycles. The molecule has 0 spiro atoms. The largest absolute Gasteiger partial charge is 0.497 e. The van der Waals surface area contributed by atoms with Crippen LogP contribution in [0, 0.1) is 0 Å². The van der Waals surface area contributed by atoms with Crippen LogP contribution in [0.5, 0.6) is 5.75 Å². The number of carbonyl (C=O) groups is 1. The lowest BCUT2D eigenvalue weighted by molar-refractivity contribution is -0.122. The van der Waals surface area contributed by atoms with Gasteiger partial charge in [-0.25, -0.2) is 0 Å². The van der Waals surface area contributed by atoms with E-state index in [2.05, 4.69) is 20.4 Å². The predicted molar refractivity (Wildman–Crippen MR) is 100 cm³/mol. The Balaban J connectivity index is 1.33. The highest BCUT2D eigenvalue weighted by atomic mass is 16.5. The molecule has 1 unspecified atom stereocenters. The predicted octanol–water partition coefficient (Wildman–Crippen LogP) is 2.59. The summed E-state index contributed by atoms with van der Waals surface area (Å²) in [5, 5.41) is 7.27. The van der Waals surface area contributed by atoms with Crippen molar-refractivity contribution in [2.75, 3.05) is 26.7 Å². The van der Waals surface area contributed by atoms with E-state index < -0.39 is 0 Å². The molecule has 1 saturated heterocycles. The van der Waals surface area contributed by atoms with Gasteiger partial charge in [-0.2, -0.15) is 4.98 Å². The van der Waals surface area contributed by atoms with Gasteiger partial charge in [-0.05, 0) is 37.9 Å². The summed E-state index contributed by atoms with van der Waals surface area (Å²) in [6.45, 7) is 2.10. The van der Waals surface area contributed by atoms with Crippen molar-refractivity contribution in [1.29, 1.82) is 0 Å². The minimum absolute atomic E-state index is 0.130. The van der Waals surface area contributed by atoms with Crippen LogP contribution in [0.2, 0.25) is 0 Å². The number of likely N-dealkylation sites (tertiary alicyclic amines) is 1. The highest BCUT2D eigenvalue weighted by molar-refractivity contribution is 5.78. The quantitative estimate of drug-likeness (QED) is 0.842. The van der Waals surface area contributed by atoms with E-state index in [0.717, 1.165) is 43.7 Å². The summed E-state index contributed by atoms with van der Waals surface area (Å²) in [4.78, 5) is 19.0. The number of benzene rings is 1. The van der Waals surface area contributed by atoms with E-state index in [-0.39, 0.29) is 11.8 Å². The molecule has 2 fully saturated rings. The number of hydrogen-bond acceptors (Lipinski definition) is 6. The first-order valence-corrected chi connectivity index (χ1v) is 9.71. The average molecular weight is 370 g/mol. The van der Waals surface area contributed by atoms with E-state index in [4.69, 9.17) is 9.26 Å². The zero-order valence-corrected chi connectivity index (χ0v) is 15.7. The van der Waals surface area contributed by atoms with E-state index in [1.165, 1.54) is 12.8 Å². The number of nitrogens with one attached hydrogen (secondary N) is 1. The SMILES string of the molecule is COc1cccc(-c2noc(C3CCN(CC(=O)NC4CCCC4)C3)n2)c1. The number of ether oxygens (including phenoxy) is 1. The van der Waals surface area contributed by atoms with Crippen molar-refractivity contribution in [1.82, 2.24) is 20.4 Å². The molecule has 1 aliphatic heterocycles. The van der Waals surface area contributed by atoms with Gasteiger partial charge in [0.05, 0.1) is 19.6 Å². The summed E-state index contributed by atoms with van der Waals surface area (Å²) in [6, 6.07) is 7.99. The van der Waals surface area contributed by atoms with Gasteiger partial charge in [0.1, 0.15) is 5.75 Å².